The Kier molecular flexibility index (Phi) is 12.0. The Hall–Kier alpha value is -1.10. The summed E-state index contributed by atoms with van der Waals surface area (Å²) in [6.45, 7) is 8.04. The minimum atomic E-state index is -0.446. The first-order valence-electron chi connectivity index (χ1n) is 7.94. The highest BCUT2D eigenvalue weighted by Gasteiger charge is 2.15. The van der Waals surface area contributed by atoms with Gasteiger partial charge in [-0.1, -0.05) is 46.5 Å². The van der Waals surface area contributed by atoms with Crippen molar-refractivity contribution in [1.82, 2.24) is 0 Å². The van der Waals surface area contributed by atoms with Crippen LogP contribution >= 0.6 is 0 Å². The molecule has 0 aliphatic heterocycles. The fourth-order valence-electron chi connectivity index (χ4n) is 1.66. The number of hydrogen-bond donors (Lipinski definition) is 0. The molecule has 0 aromatic rings. The number of carbonyl (C=O) groups is 2. The molecule has 0 amide bonds. The van der Waals surface area contributed by atoms with E-state index in [-0.39, 0.29) is 19.3 Å². The Morgan fingerprint density at radius 2 is 1.62 bits per heavy atom. The molecule has 124 valence electrons. The van der Waals surface area contributed by atoms with Crippen LogP contribution in [0.1, 0.15) is 59.8 Å². The fraction of sp³-hybridized carbons (Fsp3) is 0.875. The van der Waals surface area contributed by atoms with Gasteiger partial charge < -0.3 is 14.2 Å². The zero-order valence-corrected chi connectivity index (χ0v) is 13.9. The number of hydrogen-bond acceptors (Lipinski definition) is 5. The van der Waals surface area contributed by atoms with Crippen molar-refractivity contribution in [3.8, 4) is 0 Å². The van der Waals surface area contributed by atoms with Crippen molar-refractivity contribution in [3.63, 3.8) is 0 Å². The van der Waals surface area contributed by atoms with Crippen LogP contribution in [0.15, 0.2) is 0 Å². The van der Waals surface area contributed by atoms with E-state index in [1.807, 2.05) is 20.8 Å². The molecule has 0 saturated carbocycles. The van der Waals surface area contributed by atoms with E-state index in [1.165, 1.54) is 0 Å². The maximum atomic E-state index is 11.5. The molecule has 0 N–H and O–H groups in total. The highest BCUT2D eigenvalue weighted by Crippen LogP contribution is 2.10. The molecule has 0 spiro atoms. The van der Waals surface area contributed by atoms with Crippen LogP contribution in [0, 0.1) is 5.92 Å². The molecule has 0 aromatic carbocycles. The second-order valence-corrected chi connectivity index (χ2v) is 5.35. The molecular weight excluding hydrogens is 272 g/mol. The molecule has 21 heavy (non-hydrogen) atoms. The third-order valence-corrected chi connectivity index (χ3v) is 3.46. The molecule has 0 aliphatic carbocycles. The van der Waals surface area contributed by atoms with E-state index in [0.717, 1.165) is 32.1 Å². The Balaban J connectivity index is 3.59. The fourth-order valence-corrected chi connectivity index (χ4v) is 1.66. The number of carbonyl (C=O) groups excluding carboxylic acids is 2. The summed E-state index contributed by atoms with van der Waals surface area (Å²) in [5.41, 5.74) is 0. The maximum absolute atomic E-state index is 11.5. The van der Waals surface area contributed by atoms with E-state index < -0.39 is 11.9 Å². The number of rotatable bonds is 12. The third kappa shape index (κ3) is 11.3. The zero-order chi connectivity index (χ0) is 16.1. The molecule has 2 unspecified atom stereocenters. The highest BCUT2D eigenvalue weighted by atomic mass is 16.6. The Morgan fingerprint density at radius 3 is 2.24 bits per heavy atom. The van der Waals surface area contributed by atoms with Gasteiger partial charge >= 0.3 is 11.9 Å². The molecular formula is C16H30O5. The third-order valence-electron chi connectivity index (χ3n) is 3.46. The van der Waals surface area contributed by atoms with Gasteiger partial charge in [0.25, 0.3) is 0 Å². The lowest BCUT2D eigenvalue weighted by Gasteiger charge is -2.18. The Bertz CT molecular complexity index is 290. The van der Waals surface area contributed by atoms with E-state index in [0.29, 0.717) is 12.5 Å². The summed E-state index contributed by atoms with van der Waals surface area (Å²) in [6, 6.07) is 0. The van der Waals surface area contributed by atoms with Gasteiger partial charge in [-0.15, -0.1) is 0 Å². The van der Waals surface area contributed by atoms with E-state index in [4.69, 9.17) is 14.2 Å². The summed E-state index contributed by atoms with van der Waals surface area (Å²) < 4.78 is 15.2. The summed E-state index contributed by atoms with van der Waals surface area (Å²) in [6.07, 6.45) is 5.03. The van der Waals surface area contributed by atoms with Gasteiger partial charge in [0.1, 0.15) is 19.3 Å². The van der Waals surface area contributed by atoms with Crippen LogP contribution in [0.5, 0.6) is 0 Å². The summed E-state index contributed by atoms with van der Waals surface area (Å²) >= 11 is 0. The summed E-state index contributed by atoms with van der Waals surface area (Å²) in [7, 11) is 0. The van der Waals surface area contributed by atoms with Crippen LogP contribution in [0.25, 0.3) is 0 Å². The minimum Gasteiger partial charge on any atom is -0.464 e. The standard InChI is InChI=1S/C16H30O5/c1-5-7-8-9-10-20-15(17)11-19-12-16(18)21-14(4)13(3)6-2/h13-14H,5-12H2,1-4H3. The zero-order valence-electron chi connectivity index (χ0n) is 13.9. The lowest BCUT2D eigenvalue weighted by molar-refractivity contribution is -0.159. The average molecular weight is 302 g/mol. The van der Waals surface area contributed by atoms with Gasteiger partial charge in [0, 0.05) is 0 Å². The molecule has 0 rings (SSSR count). The van der Waals surface area contributed by atoms with Gasteiger partial charge in [0.2, 0.25) is 0 Å². The van der Waals surface area contributed by atoms with E-state index in [1.54, 1.807) is 0 Å². The monoisotopic (exact) mass is 302 g/mol. The molecule has 0 aromatic heterocycles. The average Bonchev–Trinajstić information content (AvgIpc) is 2.46. The normalized spacial score (nSPS) is 13.5. The van der Waals surface area contributed by atoms with Crippen molar-refractivity contribution in [2.45, 2.75) is 65.9 Å². The molecule has 2 atom stereocenters. The predicted octanol–water partition coefficient (Wildman–Crippen LogP) is 3.10. The van der Waals surface area contributed by atoms with Crippen molar-refractivity contribution in [2.75, 3.05) is 19.8 Å². The largest absolute Gasteiger partial charge is 0.464 e. The van der Waals surface area contributed by atoms with Gasteiger partial charge in [-0.25, -0.2) is 9.59 Å². The SMILES string of the molecule is CCCCCCOC(=O)COCC(=O)OC(C)C(C)CC. The van der Waals surface area contributed by atoms with Gasteiger partial charge in [-0.05, 0) is 19.3 Å². The molecule has 0 heterocycles. The molecule has 0 radical (unpaired) electrons. The van der Waals surface area contributed by atoms with Crippen molar-refractivity contribution in [2.24, 2.45) is 5.92 Å². The molecule has 0 bridgehead atoms. The topological polar surface area (TPSA) is 61.8 Å². The number of unbranched alkanes of at least 4 members (excludes halogenated alkanes) is 3. The van der Waals surface area contributed by atoms with Crippen molar-refractivity contribution >= 4 is 11.9 Å². The van der Waals surface area contributed by atoms with Gasteiger partial charge in [-0.2, -0.15) is 0 Å². The first-order valence-corrected chi connectivity index (χ1v) is 7.94. The number of esters is 2. The first kappa shape index (κ1) is 19.9. The molecule has 0 aliphatic rings. The minimum absolute atomic E-state index is 0.142. The summed E-state index contributed by atoms with van der Waals surface area (Å²) in [4.78, 5) is 22.8. The van der Waals surface area contributed by atoms with E-state index >= 15 is 0 Å². The van der Waals surface area contributed by atoms with Crippen LogP contribution in [0.4, 0.5) is 0 Å². The van der Waals surface area contributed by atoms with Crippen molar-refractivity contribution in [3.05, 3.63) is 0 Å². The van der Waals surface area contributed by atoms with Crippen LogP contribution < -0.4 is 0 Å². The maximum Gasteiger partial charge on any atom is 0.332 e. The van der Waals surface area contributed by atoms with E-state index in [9.17, 15) is 9.59 Å². The molecule has 5 nitrogen and oxygen atoms in total. The molecule has 0 saturated heterocycles. The van der Waals surface area contributed by atoms with Crippen LogP contribution in [0.3, 0.4) is 0 Å². The first-order chi connectivity index (χ1) is 10.0. The van der Waals surface area contributed by atoms with E-state index in [2.05, 4.69) is 6.92 Å². The van der Waals surface area contributed by atoms with Crippen LogP contribution in [-0.2, 0) is 23.8 Å². The summed E-state index contributed by atoms with van der Waals surface area (Å²) in [5.74, 6) is -0.574. The van der Waals surface area contributed by atoms with Crippen molar-refractivity contribution in [1.29, 1.82) is 0 Å². The Morgan fingerprint density at radius 1 is 0.952 bits per heavy atom. The highest BCUT2D eigenvalue weighted by molar-refractivity contribution is 5.73. The lowest BCUT2D eigenvalue weighted by Crippen LogP contribution is -2.25. The van der Waals surface area contributed by atoms with Gasteiger partial charge in [0.15, 0.2) is 0 Å². The lowest BCUT2D eigenvalue weighted by atomic mass is 10.0. The quantitative estimate of drug-likeness (QED) is 0.409. The second-order valence-electron chi connectivity index (χ2n) is 5.35. The molecule has 0 fully saturated rings. The predicted molar refractivity (Wildman–Crippen MR) is 80.9 cm³/mol. The Labute approximate surface area is 128 Å². The second kappa shape index (κ2) is 12.6. The van der Waals surface area contributed by atoms with Crippen LogP contribution in [0.2, 0.25) is 0 Å². The van der Waals surface area contributed by atoms with Crippen molar-refractivity contribution < 1.29 is 23.8 Å². The number of ether oxygens (including phenoxy) is 3. The molecule has 5 heteroatoms. The smallest absolute Gasteiger partial charge is 0.332 e. The van der Waals surface area contributed by atoms with Gasteiger partial charge in [-0.3, -0.25) is 0 Å². The summed E-state index contributed by atoms with van der Waals surface area (Å²) in [5, 5.41) is 0. The van der Waals surface area contributed by atoms with Gasteiger partial charge in [0.05, 0.1) is 6.61 Å². The van der Waals surface area contributed by atoms with Crippen LogP contribution in [-0.4, -0.2) is 37.9 Å².